The van der Waals surface area contributed by atoms with Crippen LogP contribution in [0.15, 0.2) is 18.2 Å². The first-order valence-electron chi connectivity index (χ1n) is 7.11. The van der Waals surface area contributed by atoms with E-state index in [1.54, 1.807) is 12.1 Å². The van der Waals surface area contributed by atoms with Gasteiger partial charge in [-0.1, -0.05) is 56.2 Å². The topological polar surface area (TPSA) is 17.1 Å². The van der Waals surface area contributed by atoms with E-state index in [9.17, 15) is 9.18 Å². The van der Waals surface area contributed by atoms with Gasteiger partial charge in [-0.05, 0) is 23.6 Å². The Balaban J connectivity index is 1.89. The van der Waals surface area contributed by atoms with Gasteiger partial charge in [-0.2, -0.15) is 0 Å². The minimum Gasteiger partial charge on any atom is -0.299 e. The molecule has 1 saturated carbocycles. The summed E-state index contributed by atoms with van der Waals surface area (Å²) in [5, 5.41) is 0.373. The number of benzene rings is 1. The van der Waals surface area contributed by atoms with Crippen LogP contribution in [0.5, 0.6) is 0 Å². The smallest absolute Gasteiger partial charge is 0.137 e. The molecule has 0 unspecified atom stereocenters. The van der Waals surface area contributed by atoms with Gasteiger partial charge in [0, 0.05) is 17.9 Å². The van der Waals surface area contributed by atoms with Crippen LogP contribution >= 0.6 is 11.6 Å². The number of carbonyl (C=O) groups is 1. The van der Waals surface area contributed by atoms with E-state index in [0.29, 0.717) is 22.9 Å². The predicted molar refractivity (Wildman–Crippen MR) is 75.9 cm³/mol. The van der Waals surface area contributed by atoms with Gasteiger partial charge in [0.2, 0.25) is 0 Å². The van der Waals surface area contributed by atoms with Crippen LogP contribution in [0.3, 0.4) is 0 Å². The van der Waals surface area contributed by atoms with Crippen LogP contribution in [0.2, 0.25) is 5.02 Å². The number of hydrogen-bond donors (Lipinski definition) is 0. The zero-order valence-electron chi connectivity index (χ0n) is 11.1. The lowest BCUT2D eigenvalue weighted by Crippen LogP contribution is -2.11. The van der Waals surface area contributed by atoms with Crippen LogP contribution in [-0.4, -0.2) is 5.78 Å². The number of rotatable bonds is 4. The van der Waals surface area contributed by atoms with Gasteiger partial charge in [-0.15, -0.1) is 0 Å². The molecule has 0 atom stereocenters. The van der Waals surface area contributed by atoms with Gasteiger partial charge in [0.25, 0.3) is 0 Å². The maximum atomic E-state index is 13.6. The van der Waals surface area contributed by atoms with Crippen LogP contribution < -0.4 is 0 Å². The van der Waals surface area contributed by atoms with Gasteiger partial charge in [0.05, 0.1) is 0 Å². The lowest BCUT2D eigenvalue weighted by Gasteiger charge is -2.12. The third kappa shape index (κ3) is 4.61. The third-order valence-electron chi connectivity index (χ3n) is 3.89. The average molecular weight is 283 g/mol. The van der Waals surface area contributed by atoms with Crippen molar-refractivity contribution in [3.05, 3.63) is 34.6 Å². The van der Waals surface area contributed by atoms with Crippen molar-refractivity contribution >= 4 is 17.4 Å². The second-order valence-electron chi connectivity index (χ2n) is 5.51. The van der Waals surface area contributed by atoms with Gasteiger partial charge >= 0.3 is 0 Å². The van der Waals surface area contributed by atoms with Gasteiger partial charge in [-0.3, -0.25) is 4.79 Å². The summed E-state index contributed by atoms with van der Waals surface area (Å²) in [4.78, 5) is 12.0. The summed E-state index contributed by atoms with van der Waals surface area (Å²) in [5.74, 6) is 0.278. The zero-order valence-corrected chi connectivity index (χ0v) is 11.9. The van der Waals surface area contributed by atoms with Crippen molar-refractivity contribution in [2.45, 2.75) is 51.4 Å². The predicted octanol–water partition coefficient (Wildman–Crippen LogP) is 4.95. The minimum atomic E-state index is -0.373. The summed E-state index contributed by atoms with van der Waals surface area (Å²) in [6, 6.07) is 4.53. The highest BCUT2D eigenvalue weighted by Crippen LogP contribution is 2.26. The molecule has 1 aromatic rings. The zero-order chi connectivity index (χ0) is 13.7. The number of Topliss-reactive ketones (excluding diaryl/α,β-unsaturated/α-hetero) is 1. The Morgan fingerprint density at radius 1 is 1.21 bits per heavy atom. The highest BCUT2D eigenvalue weighted by atomic mass is 35.5. The Hall–Kier alpha value is -0.890. The Bertz CT molecular complexity index is 436. The fourth-order valence-electron chi connectivity index (χ4n) is 2.84. The van der Waals surface area contributed by atoms with Crippen LogP contribution in [0.25, 0.3) is 0 Å². The summed E-state index contributed by atoms with van der Waals surface area (Å²) in [6.45, 7) is 0. The molecule has 104 valence electrons. The van der Waals surface area contributed by atoms with Crippen LogP contribution in [0.1, 0.15) is 50.5 Å². The van der Waals surface area contributed by atoms with Gasteiger partial charge in [0.1, 0.15) is 11.6 Å². The van der Waals surface area contributed by atoms with E-state index in [-0.39, 0.29) is 18.0 Å². The monoisotopic (exact) mass is 282 g/mol. The quantitative estimate of drug-likeness (QED) is 0.714. The first kappa shape index (κ1) is 14.5. The highest BCUT2D eigenvalue weighted by Gasteiger charge is 2.17. The number of carbonyl (C=O) groups excluding carboxylic acids is 1. The molecule has 1 fully saturated rings. The molecule has 0 amide bonds. The van der Waals surface area contributed by atoms with E-state index in [4.69, 9.17) is 11.6 Å². The lowest BCUT2D eigenvalue weighted by molar-refractivity contribution is -0.119. The maximum Gasteiger partial charge on any atom is 0.137 e. The number of ketones is 1. The molecule has 0 saturated heterocycles. The van der Waals surface area contributed by atoms with Gasteiger partial charge in [-0.25, -0.2) is 4.39 Å². The average Bonchev–Trinajstić information content (AvgIpc) is 2.61. The molecule has 0 spiro atoms. The summed E-state index contributed by atoms with van der Waals surface area (Å²) in [5.41, 5.74) is 0.461. The number of hydrogen-bond acceptors (Lipinski definition) is 1. The first-order valence-corrected chi connectivity index (χ1v) is 7.48. The lowest BCUT2D eigenvalue weighted by atomic mass is 9.92. The molecule has 0 N–H and O–H groups in total. The normalized spacial score (nSPS) is 17.2. The molecule has 0 radical (unpaired) electrons. The maximum absolute atomic E-state index is 13.6. The van der Waals surface area contributed by atoms with Crippen LogP contribution in [0, 0.1) is 11.7 Å². The molecule has 0 aliphatic heterocycles. The summed E-state index contributed by atoms with van der Waals surface area (Å²) >= 11 is 5.70. The molecule has 0 bridgehead atoms. The van der Waals surface area contributed by atoms with E-state index in [0.717, 1.165) is 12.8 Å². The SMILES string of the molecule is O=C(Cc1ccc(Cl)cc1F)CC1CCCCCC1. The second kappa shape index (κ2) is 7.04. The minimum absolute atomic E-state index is 0.146. The Morgan fingerprint density at radius 2 is 1.89 bits per heavy atom. The van der Waals surface area contributed by atoms with E-state index >= 15 is 0 Å². The first-order chi connectivity index (χ1) is 9.15. The molecule has 1 nitrogen and oxygen atoms in total. The molecule has 19 heavy (non-hydrogen) atoms. The Morgan fingerprint density at radius 3 is 2.53 bits per heavy atom. The molecule has 2 rings (SSSR count). The van der Waals surface area contributed by atoms with Crippen molar-refractivity contribution in [3.63, 3.8) is 0 Å². The standard InChI is InChI=1S/C16H20ClFO/c17-14-8-7-13(16(18)11-14)10-15(19)9-12-5-3-1-2-4-6-12/h7-8,11-12H,1-6,9-10H2. The van der Waals surface area contributed by atoms with Crippen molar-refractivity contribution < 1.29 is 9.18 Å². The van der Waals surface area contributed by atoms with Crippen molar-refractivity contribution in [1.82, 2.24) is 0 Å². The molecular formula is C16H20ClFO. The van der Waals surface area contributed by atoms with Crippen LogP contribution in [-0.2, 0) is 11.2 Å². The van der Waals surface area contributed by atoms with E-state index in [2.05, 4.69) is 0 Å². The van der Waals surface area contributed by atoms with Gasteiger partial charge in [0.15, 0.2) is 0 Å². The van der Waals surface area contributed by atoms with Crippen LogP contribution in [0.4, 0.5) is 4.39 Å². The summed E-state index contributed by atoms with van der Waals surface area (Å²) in [7, 11) is 0. The molecule has 1 aliphatic rings. The summed E-state index contributed by atoms with van der Waals surface area (Å²) < 4.78 is 13.6. The molecule has 1 aromatic carbocycles. The highest BCUT2D eigenvalue weighted by molar-refractivity contribution is 6.30. The molecular weight excluding hydrogens is 263 g/mol. The molecule has 1 aliphatic carbocycles. The van der Waals surface area contributed by atoms with Crippen molar-refractivity contribution in [2.75, 3.05) is 0 Å². The van der Waals surface area contributed by atoms with Crippen molar-refractivity contribution in [3.8, 4) is 0 Å². The van der Waals surface area contributed by atoms with Crippen molar-refractivity contribution in [1.29, 1.82) is 0 Å². The Labute approximate surface area is 119 Å². The fourth-order valence-corrected chi connectivity index (χ4v) is 3.00. The fraction of sp³-hybridized carbons (Fsp3) is 0.562. The third-order valence-corrected chi connectivity index (χ3v) is 4.13. The summed E-state index contributed by atoms with van der Waals surface area (Å²) in [6.07, 6.45) is 8.12. The second-order valence-corrected chi connectivity index (χ2v) is 5.95. The van der Waals surface area contributed by atoms with E-state index in [1.165, 1.54) is 31.7 Å². The molecule has 0 heterocycles. The van der Waals surface area contributed by atoms with E-state index in [1.807, 2.05) is 0 Å². The largest absolute Gasteiger partial charge is 0.299 e. The van der Waals surface area contributed by atoms with Gasteiger partial charge < -0.3 is 0 Å². The molecule has 0 aromatic heterocycles. The Kier molecular flexibility index (Phi) is 5.38. The van der Waals surface area contributed by atoms with Crippen molar-refractivity contribution in [2.24, 2.45) is 5.92 Å². The van der Waals surface area contributed by atoms with E-state index < -0.39 is 0 Å². The molecule has 3 heteroatoms. The number of halogens is 2.